The second-order valence-corrected chi connectivity index (χ2v) is 8.66. The molecule has 1 saturated carbocycles. The van der Waals surface area contributed by atoms with Gasteiger partial charge in [0.2, 0.25) is 5.95 Å². The first kappa shape index (κ1) is 19.1. The van der Waals surface area contributed by atoms with Crippen LogP contribution in [0.3, 0.4) is 0 Å². The fraction of sp³-hybridized carbons (Fsp3) is 0.750. The summed E-state index contributed by atoms with van der Waals surface area (Å²) in [6.45, 7) is 3.70. The summed E-state index contributed by atoms with van der Waals surface area (Å²) in [4.78, 5) is 11.2. The Morgan fingerprint density at radius 3 is 2.38 bits per heavy atom. The lowest BCUT2D eigenvalue weighted by atomic mass is 9.95. The molecule has 1 aliphatic carbocycles. The van der Waals surface area contributed by atoms with Gasteiger partial charge in [0.1, 0.15) is 0 Å². The number of anilines is 1. The highest BCUT2D eigenvalue weighted by Crippen LogP contribution is 2.25. The predicted molar refractivity (Wildman–Crippen MR) is 96.2 cm³/mol. The first-order valence-electron chi connectivity index (χ1n) is 8.48. The van der Waals surface area contributed by atoms with E-state index >= 15 is 0 Å². The molecule has 1 atom stereocenters. The van der Waals surface area contributed by atoms with Crippen LogP contribution in [0, 0.1) is 6.92 Å². The van der Waals surface area contributed by atoms with Crippen LogP contribution in [0.25, 0.3) is 0 Å². The number of aromatic nitrogens is 2. The van der Waals surface area contributed by atoms with E-state index in [1.54, 1.807) is 13.1 Å². The van der Waals surface area contributed by atoms with Crippen molar-refractivity contribution in [1.29, 1.82) is 0 Å². The van der Waals surface area contributed by atoms with E-state index in [4.69, 9.17) is 0 Å². The SMILES string of the molecule is Cc1nc(N(C)C2CCCCC2)ncc1[C@@H](C)NS(=O)(=O)N(C)C. The van der Waals surface area contributed by atoms with Gasteiger partial charge in [-0.25, -0.2) is 9.97 Å². The van der Waals surface area contributed by atoms with Gasteiger partial charge in [-0.3, -0.25) is 0 Å². The summed E-state index contributed by atoms with van der Waals surface area (Å²) in [7, 11) is 1.56. The summed E-state index contributed by atoms with van der Waals surface area (Å²) in [5, 5.41) is 0. The number of hydrogen-bond donors (Lipinski definition) is 1. The van der Waals surface area contributed by atoms with Crippen LogP contribution >= 0.6 is 0 Å². The van der Waals surface area contributed by atoms with E-state index in [0.29, 0.717) is 12.0 Å². The summed E-state index contributed by atoms with van der Waals surface area (Å²) in [5.41, 5.74) is 1.60. The van der Waals surface area contributed by atoms with Gasteiger partial charge in [-0.15, -0.1) is 0 Å². The molecule has 1 heterocycles. The lowest BCUT2D eigenvalue weighted by Crippen LogP contribution is -2.37. The molecule has 0 radical (unpaired) electrons. The normalized spacial score (nSPS) is 17.9. The van der Waals surface area contributed by atoms with Gasteiger partial charge in [-0.05, 0) is 26.7 Å². The molecule has 2 rings (SSSR count). The molecule has 1 aromatic heterocycles. The topological polar surface area (TPSA) is 78.4 Å². The van der Waals surface area contributed by atoms with E-state index in [-0.39, 0.29) is 6.04 Å². The Morgan fingerprint density at radius 2 is 1.83 bits per heavy atom. The third kappa shape index (κ3) is 4.43. The van der Waals surface area contributed by atoms with Crippen LogP contribution in [0.1, 0.15) is 56.3 Å². The highest BCUT2D eigenvalue weighted by molar-refractivity contribution is 7.87. The summed E-state index contributed by atoms with van der Waals surface area (Å²) in [6.07, 6.45) is 7.93. The van der Waals surface area contributed by atoms with Crippen LogP contribution in [0.15, 0.2) is 6.20 Å². The maximum atomic E-state index is 12.0. The van der Waals surface area contributed by atoms with Crippen molar-refractivity contribution in [2.24, 2.45) is 0 Å². The average molecular weight is 356 g/mol. The second kappa shape index (κ2) is 7.76. The summed E-state index contributed by atoms with van der Waals surface area (Å²) >= 11 is 0. The Bertz CT molecular complexity index is 656. The summed E-state index contributed by atoms with van der Waals surface area (Å²) in [5.74, 6) is 0.714. The molecule has 1 N–H and O–H groups in total. The van der Waals surface area contributed by atoms with Gasteiger partial charge in [0, 0.05) is 50.7 Å². The molecule has 1 aromatic rings. The van der Waals surface area contributed by atoms with E-state index in [2.05, 4.69) is 19.6 Å². The van der Waals surface area contributed by atoms with Gasteiger partial charge in [0.25, 0.3) is 10.2 Å². The fourth-order valence-electron chi connectivity index (χ4n) is 3.08. The maximum Gasteiger partial charge on any atom is 0.279 e. The minimum Gasteiger partial charge on any atom is -0.341 e. The van der Waals surface area contributed by atoms with Gasteiger partial charge in [0.15, 0.2) is 0 Å². The number of hydrogen-bond acceptors (Lipinski definition) is 5. The molecule has 1 fully saturated rings. The monoisotopic (exact) mass is 355 g/mol. The van der Waals surface area contributed by atoms with Gasteiger partial charge in [-0.2, -0.15) is 17.4 Å². The van der Waals surface area contributed by atoms with Gasteiger partial charge in [0.05, 0.1) is 0 Å². The van der Waals surface area contributed by atoms with Gasteiger partial charge in [-0.1, -0.05) is 19.3 Å². The summed E-state index contributed by atoms with van der Waals surface area (Å²) < 4.78 is 27.7. The lowest BCUT2D eigenvalue weighted by Gasteiger charge is -2.31. The summed E-state index contributed by atoms with van der Waals surface area (Å²) in [6, 6.07) is 0.111. The Balaban J connectivity index is 2.14. The molecule has 8 heteroatoms. The van der Waals surface area contributed by atoms with Crippen LogP contribution in [-0.2, 0) is 10.2 Å². The molecule has 0 unspecified atom stereocenters. The van der Waals surface area contributed by atoms with Crippen molar-refractivity contribution in [2.75, 3.05) is 26.0 Å². The number of aryl methyl sites for hydroxylation is 1. The maximum absolute atomic E-state index is 12.0. The molecule has 0 aliphatic heterocycles. The van der Waals surface area contributed by atoms with Crippen molar-refractivity contribution < 1.29 is 8.42 Å². The van der Waals surface area contributed by atoms with Crippen LogP contribution in [0.4, 0.5) is 5.95 Å². The minimum atomic E-state index is -3.49. The van der Waals surface area contributed by atoms with Crippen LogP contribution in [0.2, 0.25) is 0 Å². The average Bonchev–Trinajstić information content (AvgIpc) is 2.54. The van der Waals surface area contributed by atoms with E-state index in [1.165, 1.54) is 46.2 Å². The molecule has 0 bridgehead atoms. The van der Waals surface area contributed by atoms with Crippen molar-refractivity contribution in [3.8, 4) is 0 Å². The number of nitrogens with zero attached hydrogens (tertiary/aromatic N) is 4. The Hall–Kier alpha value is -1.25. The molecule has 0 spiro atoms. The number of nitrogens with one attached hydrogen (secondary N) is 1. The highest BCUT2D eigenvalue weighted by atomic mass is 32.2. The predicted octanol–water partition coefficient (Wildman–Crippen LogP) is 2.01. The third-order valence-electron chi connectivity index (χ3n) is 4.72. The zero-order valence-electron chi connectivity index (χ0n) is 15.3. The molecule has 7 nitrogen and oxygen atoms in total. The quantitative estimate of drug-likeness (QED) is 0.844. The van der Waals surface area contributed by atoms with Crippen molar-refractivity contribution in [3.63, 3.8) is 0 Å². The molecule has 24 heavy (non-hydrogen) atoms. The molecule has 1 aliphatic rings. The molecular formula is C16H29N5O2S. The smallest absolute Gasteiger partial charge is 0.279 e. The largest absolute Gasteiger partial charge is 0.341 e. The van der Waals surface area contributed by atoms with Crippen molar-refractivity contribution >= 4 is 16.2 Å². The zero-order valence-corrected chi connectivity index (χ0v) is 16.1. The van der Waals surface area contributed by atoms with Crippen molar-refractivity contribution in [1.82, 2.24) is 19.0 Å². The Labute approximate surface area is 145 Å². The third-order valence-corrected chi connectivity index (χ3v) is 6.33. The van der Waals surface area contributed by atoms with Gasteiger partial charge >= 0.3 is 0 Å². The Morgan fingerprint density at radius 1 is 1.21 bits per heavy atom. The van der Waals surface area contributed by atoms with Crippen LogP contribution < -0.4 is 9.62 Å². The number of rotatable bonds is 6. The first-order chi connectivity index (χ1) is 11.2. The van der Waals surface area contributed by atoms with Crippen molar-refractivity contribution in [3.05, 3.63) is 17.5 Å². The highest BCUT2D eigenvalue weighted by Gasteiger charge is 2.23. The van der Waals surface area contributed by atoms with Gasteiger partial charge < -0.3 is 4.90 Å². The molecule has 0 amide bonds. The van der Waals surface area contributed by atoms with Crippen LogP contribution in [0.5, 0.6) is 0 Å². The molecule has 0 aromatic carbocycles. The lowest BCUT2D eigenvalue weighted by molar-refractivity contribution is 0.424. The zero-order chi connectivity index (χ0) is 17.9. The van der Waals surface area contributed by atoms with Crippen molar-refractivity contribution in [2.45, 2.75) is 58.0 Å². The molecule has 0 saturated heterocycles. The second-order valence-electron chi connectivity index (χ2n) is 6.74. The standard InChI is InChI=1S/C16H29N5O2S/c1-12-15(13(2)19-24(22,23)20(3)4)11-17-16(18-12)21(5)14-9-7-6-8-10-14/h11,13-14,19H,6-10H2,1-5H3/t13-/m1/s1. The molecule has 136 valence electrons. The van der Waals surface area contributed by atoms with E-state index in [9.17, 15) is 8.42 Å². The van der Waals surface area contributed by atoms with Crippen LogP contribution in [-0.4, -0.2) is 49.9 Å². The first-order valence-corrected chi connectivity index (χ1v) is 9.92. The van der Waals surface area contributed by atoms with E-state index in [0.717, 1.165) is 15.6 Å². The fourth-order valence-corrected chi connectivity index (χ4v) is 3.87. The Kier molecular flexibility index (Phi) is 6.17. The van der Waals surface area contributed by atoms with E-state index < -0.39 is 10.2 Å². The minimum absolute atomic E-state index is 0.383. The molecular weight excluding hydrogens is 326 g/mol. The van der Waals surface area contributed by atoms with E-state index in [1.807, 2.05) is 14.0 Å².